The summed E-state index contributed by atoms with van der Waals surface area (Å²) in [5.41, 5.74) is 3.03. The van der Waals surface area contributed by atoms with E-state index in [2.05, 4.69) is 25.9 Å². The summed E-state index contributed by atoms with van der Waals surface area (Å²) in [5, 5.41) is 17.2. The first-order chi connectivity index (χ1) is 13.1. The normalized spacial score (nSPS) is 17.0. The van der Waals surface area contributed by atoms with Crippen molar-refractivity contribution in [3.63, 3.8) is 0 Å². The second-order valence-electron chi connectivity index (χ2n) is 7.27. The zero-order valence-electron chi connectivity index (χ0n) is 15.7. The predicted octanol–water partition coefficient (Wildman–Crippen LogP) is 1.98. The molecule has 4 rings (SSSR count). The summed E-state index contributed by atoms with van der Waals surface area (Å²) in [5.74, 6) is 0.529. The fourth-order valence-electron chi connectivity index (χ4n) is 3.98. The molecule has 3 amide bonds. The van der Waals surface area contributed by atoms with E-state index < -0.39 is 0 Å². The third kappa shape index (κ3) is 3.17. The summed E-state index contributed by atoms with van der Waals surface area (Å²) in [6.07, 6.45) is 7.06. The number of hydrogen-bond donors (Lipinski definition) is 3. The lowest BCUT2D eigenvalue weighted by Gasteiger charge is -2.27. The van der Waals surface area contributed by atoms with Gasteiger partial charge in [-0.2, -0.15) is 10.2 Å². The Bertz CT molecular complexity index is 863. The maximum absolute atomic E-state index is 12.9. The highest BCUT2D eigenvalue weighted by atomic mass is 16.2. The maximum Gasteiger partial charge on any atom is 0.323 e. The van der Waals surface area contributed by atoms with Crippen molar-refractivity contribution < 1.29 is 9.59 Å². The molecule has 0 aromatic carbocycles. The average Bonchev–Trinajstić information content (AvgIpc) is 3.41. The Hall–Kier alpha value is -2.84. The van der Waals surface area contributed by atoms with Crippen molar-refractivity contribution >= 4 is 17.8 Å². The second-order valence-corrected chi connectivity index (χ2v) is 7.27. The summed E-state index contributed by atoms with van der Waals surface area (Å²) in [6, 6.07) is 0.184. The van der Waals surface area contributed by atoms with Crippen molar-refractivity contribution in [2.24, 2.45) is 0 Å². The monoisotopic (exact) mass is 371 g/mol. The number of carbonyl (C=O) groups is 2. The predicted molar refractivity (Wildman–Crippen MR) is 99.6 cm³/mol. The Balaban J connectivity index is 1.51. The largest absolute Gasteiger partial charge is 0.354 e. The van der Waals surface area contributed by atoms with Crippen molar-refractivity contribution in [2.75, 3.05) is 18.9 Å². The third-order valence-electron chi connectivity index (χ3n) is 5.54. The molecule has 1 aliphatic heterocycles. The Kier molecular flexibility index (Phi) is 4.59. The number of aromatic nitrogens is 4. The van der Waals surface area contributed by atoms with Crippen LogP contribution in [0.15, 0.2) is 6.20 Å². The van der Waals surface area contributed by atoms with Crippen LogP contribution in [0, 0.1) is 6.92 Å². The van der Waals surface area contributed by atoms with Crippen molar-refractivity contribution in [1.82, 2.24) is 30.2 Å². The van der Waals surface area contributed by atoms with Gasteiger partial charge in [0.1, 0.15) is 5.82 Å². The Labute approximate surface area is 157 Å². The number of rotatable bonds is 3. The zero-order valence-corrected chi connectivity index (χ0v) is 15.7. The fourth-order valence-corrected chi connectivity index (χ4v) is 3.98. The number of H-pyrrole nitrogens is 1. The van der Waals surface area contributed by atoms with E-state index in [4.69, 9.17) is 0 Å². The van der Waals surface area contributed by atoms with Crippen LogP contribution in [0.25, 0.3) is 0 Å². The van der Waals surface area contributed by atoms with E-state index in [9.17, 15) is 9.59 Å². The van der Waals surface area contributed by atoms with E-state index >= 15 is 0 Å². The first kappa shape index (κ1) is 17.6. The molecule has 9 heteroatoms. The van der Waals surface area contributed by atoms with E-state index in [1.54, 1.807) is 11.9 Å². The molecule has 9 nitrogen and oxygen atoms in total. The summed E-state index contributed by atoms with van der Waals surface area (Å²) < 4.78 is 1.96. The molecule has 3 heterocycles. The molecule has 0 unspecified atom stereocenters. The molecular formula is C18H25N7O2. The van der Waals surface area contributed by atoms with Crippen LogP contribution in [-0.4, -0.2) is 50.4 Å². The number of amides is 3. The molecule has 2 aliphatic rings. The molecule has 1 fully saturated rings. The molecular weight excluding hydrogens is 346 g/mol. The van der Waals surface area contributed by atoms with E-state index in [1.165, 1.54) is 12.8 Å². The minimum absolute atomic E-state index is 0.174. The number of hydrogen-bond acceptors (Lipinski definition) is 4. The number of nitrogens with one attached hydrogen (secondary N) is 3. The van der Waals surface area contributed by atoms with Gasteiger partial charge in [-0.3, -0.25) is 15.2 Å². The first-order valence-corrected chi connectivity index (χ1v) is 9.46. The molecule has 0 spiro atoms. The Morgan fingerprint density at radius 1 is 1.30 bits per heavy atom. The molecule has 2 aromatic heterocycles. The summed E-state index contributed by atoms with van der Waals surface area (Å²) in [4.78, 5) is 26.6. The highest BCUT2D eigenvalue weighted by molar-refractivity contribution is 5.94. The van der Waals surface area contributed by atoms with Crippen LogP contribution in [0.4, 0.5) is 10.6 Å². The van der Waals surface area contributed by atoms with Crippen LogP contribution in [0.2, 0.25) is 0 Å². The lowest BCUT2D eigenvalue weighted by atomic mass is 10.1. The lowest BCUT2D eigenvalue weighted by molar-refractivity contribution is 0.0956. The number of urea groups is 1. The number of nitrogens with zero attached hydrogens (tertiary/aromatic N) is 4. The number of aromatic amines is 1. The SMILES string of the molecule is CNC(=O)c1n[nH]c2c1CN(C(=O)Nc1c(C)cnn1C1CCCC1)CC2. The molecule has 27 heavy (non-hydrogen) atoms. The van der Waals surface area contributed by atoms with Crippen LogP contribution < -0.4 is 10.6 Å². The molecule has 2 aromatic rings. The number of fused-ring (bicyclic) bond motifs is 1. The molecule has 0 bridgehead atoms. The number of carbonyl (C=O) groups excluding carboxylic acids is 2. The molecule has 144 valence electrons. The highest BCUT2D eigenvalue weighted by Crippen LogP contribution is 2.32. The average molecular weight is 371 g/mol. The quantitative estimate of drug-likeness (QED) is 0.766. The van der Waals surface area contributed by atoms with Crippen molar-refractivity contribution in [3.8, 4) is 0 Å². The first-order valence-electron chi connectivity index (χ1n) is 9.46. The van der Waals surface area contributed by atoms with Gasteiger partial charge in [-0.25, -0.2) is 9.48 Å². The van der Waals surface area contributed by atoms with Crippen LogP contribution in [-0.2, 0) is 13.0 Å². The van der Waals surface area contributed by atoms with Crippen LogP contribution in [0.5, 0.6) is 0 Å². The minimum atomic E-state index is -0.245. The fraction of sp³-hybridized carbons (Fsp3) is 0.556. The van der Waals surface area contributed by atoms with Gasteiger partial charge in [-0.05, 0) is 19.8 Å². The van der Waals surface area contributed by atoms with E-state index in [1.807, 2.05) is 17.8 Å². The Morgan fingerprint density at radius 3 is 2.81 bits per heavy atom. The maximum atomic E-state index is 12.9. The van der Waals surface area contributed by atoms with Gasteiger partial charge >= 0.3 is 6.03 Å². The van der Waals surface area contributed by atoms with Gasteiger partial charge in [0.2, 0.25) is 0 Å². The molecule has 0 atom stereocenters. The zero-order chi connectivity index (χ0) is 19.0. The van der Waals surface area contributed by atoms with Gasteiger partial charge < -0.3 is 10.2 Å². The summed E-state index contributed by atoms with van der Waals surface area (Å²) >= 11 is 0. The van der Waals surface area contributed by atoms with Crippen LogP contribution >= 0.6 is 0 Å². The van der Waals surface area contributed by atoms with Gasteiger partial charge in [0.15, 0.2) is 5.69 Å². The topological polar surface area (TPSA) is 108 Å². The minimum Gasteiger partial charge on any atom is -0.354 e. The van der Waals surface area contributed by atoms with Gasteiger partial charge in [0.05, 0.1) is 18.8 Å². The highest BCUT2D eigenvalue weighted by Gasteiger charge is 2.29. The number of anilines is 1. The smallest absolute Gasteiger partial charge is 0.323 e. The molecule has 1 saturated carbocycles. The number of aryl methyl sites for hydroxylation is 1. The Morgan fingerprint density at radius 2 is 2.07 bits per heavy atom. The standard InChI is InChI=1S/C18H25N7O2/c1-11-9-20-25(12-5-3-4-6-12)16(11)21-18(27)24-8-7-14-13(10-24)15(23-22-14)17(26)19-2/h9,12H,3-8,10H2,1-2H3,(H,19,26)(H,21,27)(H,22,23). The van der Waals surface area contributed by atoms with Crippen LogP contribution in [0.3, 0.4) is 0 Å². The molecule has 0 radical (unpaired) electrons. The molecule has 3 N–H and O–H groups in total. The second kappa shape index (κ2) is 7.05. The summed E-state index contributed by atoms with van der Waals surface area (Å²) in [7, 11) is 1.57. The van der Waals surface area contributed by atoms with E-state index in [0.29, 0.717) is 31.2 Å². The third-order valence-corrected chi connectivity index (χ3v) is 5.54. The van der Waals surface area contributed by atoms with Gasteiger partial charge in [0.25, 0.3) is 5.91 Å². The molecule has 1 aliphatic carbocycles. The van der Waals surface area contributed by atoms with Gasteiger partial charge in [-0.1, -0.05) is 12.8 Å². The van der Waals surface area contributed by atoms with Crippen molar-refractivity contribution in [2.45, 2.75) is 51.6 Å². The van der Waals surface area contributed by atoms with E-state index in [0.717, 1.165) is 35.5 Å². The van der Waals surface area contributed by atoms with Gasteiger partial charge in [-0.15, -0.1) is 0 Å². The van der Waals surface area contributed by atoms with Crippen molar-refractivity contribution in [1.29, 1.82) is 0 Å². The van der Waals surface area contributed by atoms with Crippen LogP contribution in [0.1, 0.15) is 59.0 Å². The lowest BCUT2D eigenvalue weighted by Crippen LogP contribution is -2.40. The van der Waals surface area contributed by atoms with Crippen molar-refractivity contribution in [3.05, 3.63) is 28.7 Å². The molecule has 0 saturated heterocycles. The van der Waals surface area contributed by atoms with Gasteiger partial charge in [0, 0.05) is 36.8 Å². The summed E-state index contributed by atoms with van der Waals surface area (Å²) in [6.45, 7) is 2.89. The van der Waals surface area contributed by atoms with E-state index in [-0.39, 0.29) is 11.9 Å².